The van der Waals surface area contributed by atoms with Crippen molar-refractivity contribution in [2.24, 2.45) is 0 Å². The first-order valence-electron chi connectivity index (χ1n) is 7.42. The summed E-state index contributed by atoms with van der Waals surface area (Å²) in [7, 11) is 0. The highest BCUT2D eigenvalue weighted by Crippen LogP contribution is 2.27. The number of hydrogen-bond acceptors (Lipinski definition) is 3. The van der Waals surface area contributed by atoms with Crippen molar-refractivity contribution in [3.05, 3.63) is 24.2 Å². The third-order valence-electron chi connectivity index (χ3n) is 3.97. The predicted octanol–water partition coefficient (Wildman–Crippen LogP) is 2.70. The van der Waals surface area contributed by atoms with E-state index in [1.807, 2.05) is 12.3 Å². The van der Waals surface area contributed by atoms with Crippen LogP contribution in [0, 0.1) is 0 Å². The van der Waals surface area contributed by atoms with Crippen LogP contribution in [0.5, 0.6) is 0 Å². The number of nitrogens with zero attached hydrogens (tertiary/aromatic N) is 3. The Morgan fingerprint density at radius 1 is 1.37 bits per heavy atom. The van der Waals surface area contributed by atoms with Gasteiger partial charge in [0.25, 0.3) is 0 Å². The van der Waals surface area contributed by atoms with E-state index in [0.717, 1.165) is 30.8 Å². The average molecular weight is 258 g/mol. The van der Waals surface area contributed by atoms with Gasteiger partial charge in [-0.2, -0.15) is 0 Å². The van der Waals surface area contributed by atoms with Crippen LogP contribution in [0.1, 0.15) is 44.3 Å². The Balaban J connectivity index is 2.00. The lowest BCUT2D eigenvalue weighted by Gasteiger charge is -2.23. The molecular formula is C15H22N4. The monoisotopic (exact) mass is 258 g/mol. The van der Waals surface area contributed by atoms with Crippen LogP contribution >= 0.6 is 0 Å². The molecule has 1 aliphatic heterocycles. The summed E-state index contributed by atoms with van der Waals surface area (Å²) in [6, 6.07) is 4.06. The molecule has 19 heavy (non-hydrogen) atoms. The van der Waals surface area contributed by atoms with Gasteiger partial charge in [-0.25, -0.2) is 9.97 Å². The zero-order chi connectivity index (χ0) is 13.1. The van der Waals surface area contributed by atoms with E-state index in [1.165, 1.54) is 31.5 Å². The number of nitrogens with one attached hydrogen (secondary N) is 1. The third-order valence-corrected chi connectivity index (χ3v) is 3.97. The summed E-state index contributed by atoms with van der Waals surface area (Å²) in [5.74, 6) is 1.84. The molecule has 0 spiro atoms. The SMILES string of the molecule is CCCCn1c(C2CCNCC2)nc2cccnc21. The van der Waals surface area contributed by atoms with Crippen molar-refractivity contribution in [1.82, 2.24) is 19.9 Å². The largest absolute Gasteiger partial charge is 0.317 e. The van der Waals surface area contributed by atoms with E-state index in [-0.39, 0.29) is 0 Å². The lowest BCUT2D eigenvalue weighted by Crippen LogP contribution is -2.28. The number of fused-ring (bicyclic) bond motifs is 1. The molecule has 2 aromatic heterocycles. The number of piperidine rings is 1. The van der Waals surface area contributed by atoms with Crippen molar-refractivity contribution < 1.29 is 0 Å². The van der Waals surface area contributed by atoms with Crippen molar-refractivity contribution in [3.8, 4) is 0 Å². The molecule has 4 nitrogen and oxygen atoms in total. The lowest BCUT2D eigenvalue weighted by molar-refractivity contribution is 0.429. The molecule has 2 aromatic rings. The number of aryl methyl sites for hydroxylation is 1. The molecule has 3 heterocycles. The standard InChI is InChI=1S/C15H22N4/c1-2-3-11-19-14(12-6-9-16-10-7-12)18-13-5-4-8-17-15(13)19/h4-5,8,12,16H,2-3,6-7,9-11H2,1H3. The summed E-state index contributed by atoms with van der Waals surface area (Å²) >= 11 is 0. The smallest absolute Gasteiger partial charge is 0.159 e. The van der Waals surface area contributed by atoms with Gasteiger partial charge in [-0.1, -0.05) is 13.3 Å². The number of unbranched alkanes of at least 4 members (excludes halogenated alkanes) is 1. The van der Waals surface area contributed by atoms with Crippen molar-refractivity contribution in [2.75, 3.05) is 13.1 Å². The van der Waals surface area contributed by atoms with Gasteiger partial charge >= 0.3 is 0 Å². The summed E-state index contributed by atoms with van der Waals surface area (Å²) < 4.78 is 2.36. The van der Waals surface area contributed by atoms with Crippen LogP contribution in [-0.2, 0) is 6.54 Å². The fourth-order valence-electron chi connectivity index (χ4n) is 2.90. The molecule has 102 valence electrons. The van der Waals surface area contributed by atoms with Crippen LogP contribution in [0.25, 0.3) is 11.2 Å². The van der Waals surface area contributed by atoms with Crippen LogP contribution in [0.15, 0.2) is 18.3 Å². The summed E-state index contributed by atoms with van der Waals surface area (Å²) in [6.07, 6.45) is 6.65. The first-order chi connectivity index (χ1) is 9.40. The van der Waals surface area contributed by atoms with Gasteiger partial charge in [-0.3, -0.25) is 0 Å². The number of aromatic nitrogens is 3. The van der Waals surface area contributed by atoms with Gasteiger partial charge in [-0.15, -0.1) is 0 Å². The maximum Gasteiger partial charge on any atom is 0.159 e. The normalized spacial score (nSPS) is 17.1. The molecule has 0 radical (unpaired) electrons. The molecule has 3 rings (SSSR count). The Labute approximate surface area is 114 Å². The molecule has 1 saturated heterocycles. The highest BCUT2D eigenvalue weighted by atomic mass is 15.1. The van der Waals surface area contributed by atoms with Crippen LogP contribution in [0.4, 0.5) is 0 Å². The molecular weight excluding hydrogens is 236 g/mol. The van der Waals surface area contributed by atoms with Gasteiger partial charge in [0.2, 0.25) is 0 Å². The van der Waals surface area contributed by atoms with Gasteiger partial charge in [-0.05, 0) is 44.5 Å². The first-order valence-corrected chi connectivity index (χ1v) is 7.42. The van der Waals surface area contributed by atoms with Gasteiger partial charge in [0.1, 0.15) is 11.3 Å². The highest BCUT2D eigenvalue weighted by molar-refractivity contribution is 5.71. The Bertz CT molecular complexity index is 540. The quantitative estimate of drug-likeness (QED) is 0.917. The molecule has 0 atom stereocenters. The number of hydrogen-bond donors (Lipinski definition) is 1. The van der Waals surface area contributed by atoms with Crippen molar-refractivity contribution in [2.45, 2.75) is 45.1 Å². The zero-order valence-corrected chi connectivity index (χ0v) is 11.6. The minimum atomic E-state index is 0.590. The second kappa shape index (κ2) is 5.70. The van der Waals surface area contributed by atoms with Gasteiger partial charge in [0.05, 0.1) is 0 Å². The maximum absolute atomic E-state index is 4.86. The number of pyridine rings is 1. The molecule has 4 heteroatoms. The Morgan fingerprint density at radius 2 is 2.21 bits per heavy atom. The topological polar surface area (TPSA) is 42.7 Å². The highest BCUT2D eigenvalue weighted by Gasteiger charge is 2.22. The minimum absolute atomic E-state index is 0.590. The molecule has 0 unspecified atom stereocenters. The zero-order valence-electron chi connectivity index (χ0n) is 11.6. The summed E-state index contributed by atoms with van der Waals surface area (Å²) in [5.41, 5.74) is 2.11. The molecule has 0 saturated carbocycles. The van der Waals surface area contributed by atoms with Crippen molar-refractivity contribution in [3.63, 3.8) is 0 Å². The summed E-state index contributed by atoms with van der Waals surface area (Å²) in [6.45, 7) is 5.49. The molecule has 0 aliphatic carbocycles. The average Bonchev–Trinajstić information content (AvgIpc) is 2.85. The van der Waals surface area contributed by atoms with Crippen molar-refractivity contribution in [1.29, 1.82) is 0 Å². The van der Waals surface area contributed by atoms with Gasteiger partial charge < -0.3 is 9.88 Å². The molecule has 1 fully saturated rings. The predicted molar refractivity (Wildman–Crippen MR) is 77.3 cm³/mol. The molecule has 0 amide bonds. The Kier molecular flexibility index (Phi) is 3.78. The fourth-order valence-corrected chi connectivity index (χ4v) is 2.90. The van der Waals surface area contributed by atoms with Crippen LogP contribution in [0.3, 0.4) is 0 Å². The minimum Gasteiger partial charge on any atom is -0.317 e. The second-order valence-electron chi connectivity index (χ2n) is 5.35. The molecule has 0 bridgehead atoms. The van der Waals surface area contributed by atoms with E-state index in [4.69, 9.17) is 4.98 Å². The van der Waals surface area contributed by atoms with Gasteiger partial charge in [0, 0.05) is 18.7 Å². The number of rotatable bonds is 4. The van der Waals surface area contributed by atoms with Gasteiger partial charge in [0.15, 0.2) is 5.65 Å². The van der Waals surface area contributed by atoms with E-state index in [9.17, 15) is 0 Å². The van der Waals surface area contributed by atoms with Crippen LogP contribution in [0.2, 0.25) is 0 Å². The van der Waals surface area contributed by atoms with E-state index >= 15 is 0 Å². The third kappa shape index (κ3) is 2.50. The first kappa shape index (κ1) is 12.6. The molecule has 1 aliphatic rings. The molecule has 1 N–H and O–H groups in total. The molecule has 0 aromatic carbocycles. The van der Waals surface area contributed by atoms with E-state index in [0.29, 0.717) is 5.92 Å². The van der Waals surface area contributed by atoms with Crippen LogP contribution < -0.4 is 5.32 Å². The van der Waals surface area contributed by atoms with E-state index < -0.39 is 0 Å². The number of imidazole rings is 1. The second-order valence-corrected chi connectivity index (χ2v) is 5.35. The maximum atomic E-state index is 4.86. The fraction of sp³-hybridized carbons (Fsp3) is 0.600. The van der Waals surface area contributed by atoms with E-state index in [1.54, 1.807) is 0 Å². The summed E-state index contributed by atoms with van der Waals surface area (Å²) in [4.78, 5) is 9.40. The lowest BCUT2D eigenvalue weighted by atomic mass is 9.97. The van der Waals surface area contributed by atoms with Crippen LogP contribution in [-0.4, -0.2) is 27.6 Å². The Morgan fingerprint density at radius 3 is 3.00 bits per heavy atom. The van der Waals surface area contributed by atoms with Crippen molar-refractivity contribution >= 4 is 11.2 Å². The summed E-state index contributed by atoms with van der Waals surface area (Å²) in [5, 5.41) is 3.43. The van der Waals surface area contributed by atoms with E-state index in [2.05, 4.69) is 27.9 Å². The Hall–Kier alpha value is -1.42.